The largest absolute Gasteiger partial charge is 0.383 e. The fourth-order valence-corrected chi connectivity index (χ4v) is 1.86. The third-order valence-electron chi connectivity index (χ3n) is 2.66. The van der Waals surface area contributed by atoms with Crippen LogP contribution in [0.4, 0.5) is 0 Å². The van der Waals surface area contributed by atoms with Crippen molar-refractivity contribution in [1.29, 1.82) is 10.5 Å². The highest BCUT2D eigenvalue weighted by molar-refractivity contribution is 5.54. The van der Waals surface area contributed by atoms with Gasteiger partial charge in [-0.3, -0.25) is 0 Å². The lowest BCUT2D eigenvalue weighted by Gasteiger charge is -2.25. The van der Waals surface area contributed by atoms with Crippen molar-refractivity contribution in [3.63, 3.8) is 0 Å². The molecule has 0 radical (unpaired) electrons. The van der Waals surface area contributed by atoms with E-state index in [9.17, 15) is 10.2 Å². The van der Waals surface area contributed by atoms with Crippen molar-refractivity contribution in [3.05, 3.63) is 46.5 Å². The molecule has 4 nitrogen and oxygen atoms in total. The molecule has 0 bridgehead atoms. The second-order valence-electron chi connectivity index (χ2n) is 3.48. The van der Waals surface area contributed by atoms with Gasteiger partial charge in [0, 0.05) is 0 Å². The van der Waals surface area contributed by atoms with Crippen molar-refractivity contribution < 1.29 is 10.2 Å². The third-order valence-corrected chi connectivity index (χ3v) is 2.66. The molecule has 1 aromatic rings. The quantitative estimate of drug-likeness (QED) is 0.674. The molecule has 0 aromatic heterocycles. The Bertz CT molecular complexity index is 500. The van der Waals surface area contributed by atoms with E-state index in [0.717, 1.165) is 0 Å². The van der Waals surface area contributed by atoms with E-state index in [4.69, 9.17) is 10.5 Å². The number of benzene rings is 1. The molecule has 2 N–H and O–H groups in total. The molecule has 0 heterocycles. The van der Waals surface area contributed by atoms with Crippen LogP contribution < -0.4 is 0 Å². The maximum atomic E-state index is 9.90. The zero-order chi connectivity index (χ0) is 11.7. The first kappa shape index (κ1) is 10.4. The van der Waals surface area contributed by atoms with Crippen LogP contribution in [-0.2, 0) is 0 Å². The van der Waals surface area contributed by atoms with E-state index in [2.05, 4.69) is 0 Å². The highest BCUT2D eigenvalue weighted by Crippen LogP contribution is 2.39. The fraction of sp³-hybridized carbons (Fsp3) is 0.167. The van der Waals surface area contributed by atoms with E-state index in [1.54, 1.807) is 36.4 Å². The zero-order valence-electron chi connectivity index (χ0n) is 8.25. The molecule has 2 unspecified atom stereocenters. The number of hydrogen-bond acceptors (Lipinski definition) is 4. The first-order valence-corrected chi connectivity index (χ1v) is 4.70. The number of rotatable bonds is 0. The summed E-state index contributed by atoms with van der Waals surface area (Å²) in [5, 5.41) is 37.5. The Kier molecular flexibility index (Phi) is 2.46. The van der Waals surface area contributed by atoms with Gasteiger partial charge in [0.1, 0.15) is 12.2 Å². The van der Waals surface area contributed by atoms with Gasteiger partial charge >= 0.3 is 0 Å². The summed E-state index contributed by atoms with van der Waals surface area (Å²) < 4.78 is 0. The van der Waals surface area contributed by atoms with Crippen LogP contribution in [0.3, 0.4) is 0 Å². The number of hydrogen-bond donors (Lipinski definition) is 2. The van der Waals surface area contributed by atoms with Crippen molar-refractivity contribution >= 4 is 0 Å². The average Bonchev–Trinajstić information content (AvgIpc) is 2.33. The molecule has 4 heteroatoms. The second-order valence-corrected chi connectivity index (χ2v) is 3.48. The molecular formula is C12H8N2O2. The second kappa shape index (κ2) is 3.79. The van der Waals surface area contributed by atoms with Gasteiger partial charge < -0.3 is 10.2 Å². The van der Waals surface area contributed by atoms with Gasteiger partial charge in [-0.15, -0.1) is 0 Å². The van der Waals surface area contributed by atoms with Gasteiger partial charge in [-0.25, -0.2) is 0 Å². The Morgan fingerprint density at radius 1 is 0.875 bits per heavy atom. The predicted molar refractivity (Wildman–Crippen MR) is 54.6 cm³/mol. The third kappa shape index (κ3) is 1.30. The summed E-state index contributed by atoms with van der Waals surface area (Å²) >= 11 is 0. The van der Waals surface area contributed by atoms with Crippen LogP contribution in [0.2, 0.25) is 0 Å². The summed E-state index contributed by atoms with van der Waals surface area (Å²) in [4.78, 5) is 0. The summed E-state index contributed by atoms with van der Waals surface area (Å²) in [5.41, 5.74) is 0.804. The van der Waals surface area contributed by atoms with Crippen LogP contribution in [0.15, 0.2) is 35.4 Å². The topological polar surface area (TPSA) is 88.0 Å². The highest BCUT2D eigenvalue weighted by atomic mass is 16.3. The number of nitriles is 2. The minimum absolute atomic E-state index is 0.0753. The van der Waals surface area contributed by atoms with Crippen LogP contribution in [0.5, 0.6) is 0 Å². The van der Waals surface area contributed by atoms with Gasteiger partial charge in [-0.1, -0.05) is 24.3 Å². The Balaban J connectivity index is 2.69. The van der Waals surface area contributed by atoms with Crippen molar-refractivity contribution in [2.45, 2.75) is 12.2 Å². The lowest BCUT2D eigenvalue weighted by atomic mass is 9.83. The van der Waals surface area contributed by atoms with Gasteiger partial charge in [0.15, 0.2) is 0 Å². The van der Waals surface area contributed by atoms with Crippen molar-refractivity contribution in [2.24, 2.45) is 0 Å². The van der Waals surface area contributed by atoms with E-state index in [1.807, 2.05) is 0 Å². The predicted octanol–water partition coefficient (Wildman–Crippen LogP) is 1.11. The lowest BCUT2D eigenvalue weighted by molar-refractivity contribution is 0.176. The van der Waals surface area contributed by atoms with Crippen molar-refractivity contribution in [1.82, 2.24) is 0 Å². The summed E-state index contributed by atoms with van der Waals surface area (Å²) in [6.45, 7) is 0. The van der Waals surface area contributed by atoms with E-state index in [0.29, 0.717) is 11.1 Å². The maximum Gasteiger partial charge on any atom is 0.115 e. The SMILES string of the molecule is N#CC1=C(C#N)C(O)c2ccccc2C1O. The summed E-state index contributed by atoms with van der Waals surface area (Å²) in [6, 6.07) is 10.2. The molecule has 0 fully saturated rings. The molecule has 2 rings (SSSR count). The zero-order valence-corrected chi connectivity index (χ0v) is 8.25. The number of nitrogens with zero attached hydrogens (tertiary/aromatic N) is 2. The number of aliphatic hydroxyl groups is 2. The molecular weight excluding hydrogens is 204 g/mol. The van der Waals surface area contributed by atoms with E-state index in [-0.39, 0.29) is 11.1 Å². The number of fused-ring (bicyclic) bond motifs is 1. The molecule has 0 saturated heterocycles. The molecule has 1 aliphatic rings. The molecule has 0 spiro atoms. The Morgan fingerprint density at radius 3 is 1.56 bits per heavy atom. The van der Waals surface area contributed by atoms with Gasteiger partial charge in [0.25, 0.3) is 0 Å². The monoisotopic (exact) mass is 212 g/mol. The smallest absolute Gasteiger partial charge is 0.115 e. The molecule has 1 aromatic carbocycles. The van der Waals surface area contributed by atoms with E-state index >= 15 is 0 Å². The first-order chi connectivity index (χ1) is 7.70. The number of aliphatic hydroxyl groups excluding tert-OH is 2. The van der Waals surface area contributed by atoms with E-state index < -0.39 is 12.2 Å². The van der Waals surface area contributed by atoms with Crippen LogP contribution in [0.1, 0.15) is 23.3 Å². The van der Waals surface area contributed by atoms with Crippen LogP contribution in [-0.4, -0.2) is 10.2 Å². The summed E-state index contributed by atoms with van der Waals surface area (Å²) in [5.74, 6) is 0. The highest BCUT2D eigenvalue weighted by Gasteiger charge is 2.32. The average molecular weight is 212 g/mol. The Labute approximate surface area is 92.3 Å². The Hall–Kier alpha value is -2.14. The maximum absolute atomic E-state index is 9.90. The molecule has 0 amide bonds. The minimum atomic E-state index is -1.13. The van der Waals surface area contributed by atoms with Gasteiger partial charge in [-0.05, 0) is 11.1 Å². The van der Waals surface area contributed by atoms with E-state index in [1.165, 1.54) is 0 Å². The van der Waals surface area contributed by atoms with Crippen LogP contribution >= 0.6 is 0 Å². The molecule has 0 aliphatic heterocycles. The summed E-state index contributed by atoms with van der Waals surface area (Å²) in [7, 11) is 0. The Morgan fingerprint density at radius 2 is 1.25 bits per heavy atom. The molecule has 78 valence electrons. The normalized spacial score (nSPS) is 23.2. The molecule has 2 atom stereocenters. The molecule has 16 heavy (non-hydrogen) atoms. The lowest BCUT2D eigenvalue weighted by Crippen LogP contribution is -2.17. The minimum Gasteiger partial charge on any atom is -0.383 e. The fourth-order valence-electron chi connectivity index (χ4n) is 1.86. The molecule has 0 saturated carbocycles. The van der Waals surface area contributed by atoms with Gasteiger partial charge in [0.2, 0.25) is 0 Å². The first-order valence-electron chi connectivity index (χ1n) is 4.70. The van der Waals surface area contributed by atoms with Gasteiger partial charge in [-0.2, -0.15) is 10.5 Å². The van der Waals surface area contributed by atoms with Gasteiger partial charge in [0.05, 0.1) is 23.3 Å². The van der Waals surface area contributed by atoms with Crippen molar-refractivity contribution in [3.8, 4) is 12.1 Å². The molecule has 1 aliphatic carbocycles. The van der Waals surface area contributed by atoms with Crippen molar-refractivity contribution in [2.75, 3.05) is 0 Å². The standard InChI is InChI=1S/C12H8N2O2/c13-5-9-10(6-14)12(16)8-4-2-1-3-7(8)11(9)15/h1-4,11-12,15-16H. The van der Waals surface area contributed by atoms with Crippen LogP contribution in [0, 0.1) is 22.7 Å². The van der Waals surface area contributed by atoms with Crippen LogP contribution in [0.25, 0.3) is 0 Å². The summed E-state index contributed by atoms with van der Waals surface area (Å²) in [6.07, 6.45) is -2.25.